The molecule has 3 rings (SSSR count). The Labute approximate surface area is 170 Å². The summed E-state index contributed by atoms with van der Waals surface area (Å²) < 4.78 is 10.4. The predicted molar refractivity (Wildman–Crippen MR) is 106 cm³/mol. The number of furan rings is 1. The maximum absolute atomic E-state index is 12.6. The van der Waals surface area contributed by atoms with E-state index in [1.54, 1.807) is 43.5 Å². The van der Waals surface area contributed by atoms with Crippen LogP contribution in [-0.2, 0) is 14.3 Å². The Morgan fingerprint density at radius 3 is 2.74 bits per heavy atom. The van der Waals surface area contributed by atoms with Gasteiger partial charge in [0.25, 0.3) is 5.91 Å². The minimum absolute atomic E-state index is 0.210. The second-order valence-corrected chi connectivity index (χ2v) is 6.79. The van der Waals surface area contributed by atoms with Gasteiger partial charge in [-0.1, -0.05) is 29.3 Å². The molecule has 2 aromatic rings. The molecule has 0 saturated carbocycles. The van der Waals surface area contributed by atoms with Gasteiger partial charge in [-0.05, 0) is 36.5 Å². The van der Waals surface area contributed by atoms with Crippen LogP contribution in [0.4, 0.5) is 0 Å². The third-order valence-electron chi connectivity index (χ3n) is 3.98. The number of amides is 1. The van der Waals surface area contributed by atoms with E-state index in [4.69, 9.17) is 39.8 Å². The van der Waals surface area contributed by atoms with Gasteiger partial charge in [0, 0.05) is 18.7 Å². The van der Waals surface area contributed by atoms with Crippen LogP contribution in [0.25, 0.3) is 17.4 Å². The van der Waals surface area contributed by atoms with Crippen molar-refractivity contribution in [2.45, 2.75) is 0 Å². The molecule has 9 heteroatoms. The summed E-state index contributed by atoms with van der Waals surface area (Å²) in [5.74, 6) is -0.0294. The van der Waals surface area contributed by atoms with Gasteiger partial charge in [-0.3, -0.25) is 14.5 Å². The van der Waals surface area contributed by atoms with Crippen molar-refractivity contribution >= 4 is 58.5 Å². The molecule has 1 aliphatic heterocycles. The Morgan fingerprint density at radius 2 is 2.04 bits per heavy atom. The zero-order chi connectivity index (χ0) is 19.7. The number of ether oxygens (including phenoxy) is 1. The van der Waals surface area contributed by atoms with E-state index in [2.05, 4.69) is 4.74 Å². The van der Waals surface area contributed by atoms with Crippen molar-refractivity contribution in [1.29, 1.82) is 0 Å². The number of carbonyl (C=O) groups is 2. The van der Waals surface area contributed by atoms with Crippen LogP contribution in [0.15, 0.2) is 40.4 Å². The van der Waals surface area contributed by atoms with Gasteiger partial charge in [0.2, 0.25) is 0 Å². The Hall–Kier alpha value is -2.35. The van der Waals surface area contributed by atoms with Crippen LogP contribution >= 0.6 is 35.4 Å². The predicted octanol–water partition coefficient (Wildman–Crippen LogP) is 3.83. The molecule has 2 heterocycles. The molecule has 1 saturated heterocycles. The Morgan fingerprint density at radius 1 is 1.30 bits per heavy atom. The maximum atomic E-state index is 12.6. The van der Waals surface area contributed by atoms with Crippen LogP contribution in [0.1, 0.15) is 5.76 Å². The van der Waals surface area contributed by atoms with Crippen LogP contribution in [-0.4, -0.2) is 47.5 Å². The zero-order valence-electron chi connectivity index (χ0n) is 14.4. The molecule has 0 unspecified atom stereocenters. The van der Waals surface area contributed by atoms with E-state index in [1.807, 2.05) is 0 Å². The van der Waals surface area contributed by atoms with E-state index in [0.29, 0.717) is 27.1 Å². The average molecular weight is 425 g/mol. The van der Waals surface area contributed by atoms with Crippen molar-refractivity contribution in [3.05, 3.63) is 51.8 Å². The number of nitrogens with zero attached hydrogens (tertiary/aromatic N) is 2. The fourth-order valence-corrected chi connectivity index (χ4v) is 3.19. The second kappa shape index (κ2) is 7.72. The highest BCUT2D eigenvalue weighted by atomic mass is 35.5. The Balaban J connectivity index is 1.90. The normalized spacial score (nSPS) is 15.8. The molecular formula is C18H14Cl2N2O4S. The fraction of sp³-hybridized carbons (Fsp3) is 0.167. The lowest BCUT2D eigenvalue weighted by Gasteiger charge is -2.14. The van der Waals surface area contributed by atoms with E-state index in [9.17, 15) is 9.59 Å². The number of hydrogen-bond acceptors (Lipinski definition) is 5. The van der Waals surface area contributed by atoms with E-state index in [-0.39, 0.29) is 17.4 Å². The van der Waals surface area contributed by atoms with Crippen molar-refractivity contribution < 1.29 is 18.7 Å². The molecule has 140 valence electrons. The second-order valence-electron chi connectivity index (χ2n) is 5.64. The molecule has 0 aliphatic carbocycles. The highest BCUT2D eigenvalue weighted by molar-refractivity contribution is 7.80. The van der Waals surface area contributed by atoms with Crippen molar-refractivity contribution in [2.24, 2.45) is 0 Å². The standard InChI is InChI=1S/C18H14Cl2N2O4S/c1-21-13(17(24)22(18(21)27)9-15(23)25-2)8-10-6-7-14(26-10)11-4-3-5-12(19)16(11)20/h3-8H,9H2,1-2H3/b13-8-. The van der Waals surface area contributed by atoms with E-state index < -0.39 is 11.9 Å². The Kier molecular flexibility index (Phi) is 5.55. The van der Waals surface area contributed by atoms with Crippen molar-refractivity contribution in [2.75, 3.05) is 20.7 Å². The number of benzene rings is 1. The highest BCUT2D eigenvalue weighted by Crippen LogP contribution is 2.35. The number of carbonyl (C=O) groups excluding carboxylic acids is 2. The first-order valence-corrected chi connectivity index (χ1v) is 8.92. The summed E-state index contributed by atoms with van der Waals surface area (Å²) in [6.45, 7) is -0.253. The summed E-state index contributed by atoms with van der Waals surface area (Å²) in [5.41, 5.74) is 0.921. The first kappa shape index (κ1) is 19.4. The van der Waals surface area contributed by atoms with Crippen molar-refractivity contribution in [3.8, 4) is 11.3 Å². The Bertz CT molecular complexity index is 970. The van der Waals surface area contributed by atoms with Crippen molar-refractivity contribution in [3.63, 3.8) is 0 Å². The molecule has 0 spiro atoms. The van der Waals surface area contributed by atoms with Crippen LogP contribution < -0.4 is 0 Å². The van der Waals surface area contributed by atoms with E-state index in [0.717, 1.165) is 0 Å². The topological polar surface area (TPSA) is 63.0 Å². The third-order valence-corrected chi connectivity index (χ3v) is 5.29. The molecule has 1 amide bonds. The number of thiocarbonyl (C=S) groups is 1. The SMILES string of the molecule is COC(=O)CN1C(=O)/C(=C/c2ccc(-c3cccc(Cl)c3Cl)o2)N(C)C1=S. The van der Waals surface area contributed by atoms with Gasteiger partial charge < -0.3 is 14.1 Å². The lowest BCUT2D eigenvalue weighted by Crippen LogP contribution is -2.36. The quantitative estimate of drug-likeness (QED) is 0.422. The summed E-state index contributed by atoms with van der Waals surface area (Å²) in [6.07, 6.45) is 1.55. The highest BCUT2D eigenvalue weighted by Gasteiger charge is 2.37. The van der Waals surface area contributed by atoms with Gasteiger partial charge in [0.15, 0.2) is 5.11 Å². The summed E-state index contributed by atoms with van der Waals surface area (Å²) in [6, 6.07) is 8.66. The van der Waals surface area contributed by atoms with Crippen molar-refractivity contribution in [1.82, 2.24) is 9.80 Å². The first-order valence-electron chi connectivity index (χ1n) is 7.75. The summed E-state index contributed by atoms with van der Waals surface area (Å²) in [4.78, 5) is 26.8. The van der Waals surface area contributed by atoms with Gasteiger partial charge in [0.1, 0.15) is 23.8 Å². The number of esters is 1. The van der Waals surface area contributed by atoms with Crippen LogP contribution in [0.2, 0.25) is 10.0 Å². The molecule has 6 nitrogen and oxygen atoms in total. The average Bonchev–Trinajstić information content (AvgIpc) is 3.19. The molecule has 1 aliphatic rings. The summed E-state index contributed by atoms with van der Waals surface area (Å²) in [5, 5.41) is 1.01. The molecule has 27 heavy (non-hydrogen) atoms. The van der Waals surface area contributed by atoms with Gasteiger partial charge in [-0.25, -0.2) is 0 Å². The minimum atomic E-state index is -0.559. The number of halogens is 2. The fourth-order valence-electron chi connectivity index (χ4n) is 2.55. The molecular weight excluding hydrogens is 411 g/mol. The monoisotopic (exact) mass is 424 g/mol. The smallest absolute Gasteiger partial charge is 0.325 e. The lowest BCUT2D eigenvalue weighted by molar-refractivity contribution is -0.143. The van der Waals surface area contributed by atoms with E-state index >= 15 is 0 Å². The molecule has 1 aromatic heterocycles. The molecule has 0 bridgehead atoms. The van der Waals surface area contributed by atoms with Crippen LogP contribution in [0.5, 0.6) is 0 Å². The summed E-state index contributed by atoms with van der Waals surface area (Å²) >= 11 is 17.5. The zero-order valence-corrected chi connectivity index (χ0v) is 16.7. The van der Waals surface area contributed by atoms with Gasteiger partial charge in [-0.15, -0.1) is 0 Å². The van der Waals surface area contributed by atoms with E-state index in [1.165, 1.54) is 16.9 Å². The molecule has 0 N–H and O–H groups in total. The number of rotatable bonds is 4. The molecule has 0 atom stereocenters. The number of likely N-dealkylation sites (N-methyl/N-ethyl adjacent to an activating group) is 1. The number of hydrogen-bond donors (Lipinski definition) is 0. The molecule has 0 radical (unpaired) electrons. The summed E-state index contributed by atoms with van der Waals surface area (Å²) in [7, 11) is 2.89. The van der Waals surface area contributed by atoms with Crippen LogP contribution in [0.3, 0.4) is 0 Å². The molecule has 1 fully saturated rings. The molecule has 1 aromatic carbocycles. The largest absolute Gasteiger partial charge is 0.468 e. The van der Waals surface area contributed by atoms with Gasteiger partial charge in [0.05, 0.1) is 17.2 Å². The third kappa shape index (κ3) is 3.71. The first-order chi connectivity index (χ1) is 12.8. The van der Waals surface area contributed by atoms with Crippen LogP contribution in [0, 0.1) is 0 Å². The maximum Gasteiger partial charge on any atom is 0.325 e. The van der Waals surface area contributed by atoms with Gasteiger partial charge in [-0.2, -0.15) is 0 Å². The number of methoxy groups -OCH3 is 1. The van der Waals surface area contributed by atoms with Gasteiger partial charge >= 0.3 is 5.97 Å². The minimum Gasteiger partial charge on any atom is -0.468 e. The lowest BCUT2D eigenvalue weighted by atomic mass is 10.2.